The highest BCUT2D eigenvalue weighted by atomic mass is 16.7. The van der Waals surface area contributed by atoms with E-state index in [1.165, 1.54) is 23.3 Å². The summed E-state index contributed by atoms with van der Waals surface area (Å²) in [6.45, 7) is -0.132. The maximum atomic E-state index is 12.1. The Morgan fingerprint density at radius 1 is 0.706 bits per heavy atom. The molecule has 3 aromatic rings. The summed E-state index contributed by atoms with van der Waals surface area (Å²) in [4.78, 5) is 40.4. The van der Waals surface area contributed by atoms with E-state index in [-0.39, 0.29) is 24.4 Å². The molecule has 0 aliphatic heterocycles. The van der Waals surface area contributed by atoms with Crippen LogP contribution in [0, 0.1) is 0 Å². The lowest BCUT2D eigenvalue weighted by Crippen LogP contribution is -2.28. The molecule has 0 spiro atoms. The van der Waals surface area contributed by atoms with Crippen molar-refractivity contribution in [3.63, 3.8) is 0 Å². The van der Waals surface area contributed by atoms with E-state index in [1.807, 2.05) is 30.3 Å². The second-order valence-corrected chi connectivity index (χ2v) is 7.93. The molecule has 3 rings (SSSR count). The fraction of sp³-hybridized carbons (Fsp3) is 0.222. The largest absolute Gasteiger partial charge is 0.362 e. The third-order valence-electron chi connectivity index (χ3n) is 5.26. The van der Waals surface area contributed by atoms with E-state index in [0.29, 0.717) is 5.69 Å². The molecule has 4 N–H and O–H groups in total. The summed E-state index contributed by atoms with van der Waals surface area (Å²) in [5, 5.41) is 2.57. The summed E-state index contributed by atoms with van der Waals surface area (Å²) in [5.41, 5.74) is 11.6. The number of unbranched alkanes of at least 4 members (excludes halogenated alkanes) is 1. The van der Waals surface area contributed by atoms with Crippen LogP contribution in [0.3, 0.4) is 0 Å². The van der Waals surface area contributed by atoms with Gasteiger partial charge in [0.15, 0.2) is 0 Å². The Kier molecular flexibility index (Phi) is 9.37. The number of hydrogen-bond donors (Lipinski definition) is 3. The lowest BCUT2D eigenvalue weighted by Gasteiger charge is -2.08. The molecule has 34 heavy (non-hydrogen) atoms. The maximum absolute atomic E-state index is 12.1. The number of hydrogen-bond acceptors (Lipinski definition) is 5. The number of aryl methyl sites for hydroxylation is 2. The maximum Gasteiger partial charge on any atom is 0.362 e. The molecule has 0 unspecified atom stereocenters. The fourth-order valence-electron chi connectivity index (χ4n) is 3.41. The van der Waals surface area contributed by atoms with Crippen molar-refractivity contribution < 1.29 is 19.2 Å². The number of nitrogens with one attached hydrogen (secondary N) is 2. The Labute approximate surface area is 199 Å². The van der Waals surface area contributed by atoms with E-state index >= 15 is 0 Å². The first-order chi connectivity index (χ1) is 16.5. The van der Waals surface area contributed by atoms with Crippen LogP contribution in [0.2, 0.25) is 0 Å². The predicted molar refractivity (Wildman–Crippen MR) is 131 cm³/mol. The summed E-state index contributed by atoms with van der Waals surface area (Å²) >= 11 is 0. The lowest BCUT2D eigenvalue weighted by atomic mass is 10.0. The Morgan fingerprint density at radius 2 is 1.29 bits per heavy atom. The number of carbonyl (C=O) groups excluding carboxylic acids is 3. The summed E-state index contributed by atoms with van der Waals surface area (Å²) in [7, 11) is 0. The molecule has 2 amide bonds. The molecule has 176 valence electrons. The standard InChI is InChI=1S/C27H29N3O4/c28-19-26(32)29-24-16-14-23(15-17-24)27(33)34-30-25(31)18-22-12-10-21(11-13-22)9-5-4-8-20-6-2-1-3-7-20/h1-3,6-7,10-17H,4-5,8-9,18-19,28H2,(H,29,32)(H,30,31). The average molecular weight is 460 g/mol. The number of benzene rings is 3. The average Bonchev–Trinajstić information content (AvgIpc) is 2.87. The van der Waals surface area contributed by atoms with Crippen LogP contribution >= 0.6 is 0 Å². The van der Waals surface area contributed by atoms with Gasteiger partial charge in [-0.1, -0.05) is 54.6 Å². The highest BCUT2D eigenvalue weighted by Gasteiger charge is 2.11. The molecule has 0 fully saturated rings. The van der Waals surface area contributed by atoms with Crippen molar-refractivity contribution in [3.05, 3.63) is 101 Å². The number of hydroxylamine groups is 1. The minimum Gasteiger partial charge on any atom is -0.335 e. The summed E-state index contributed by atoms with van der Waals surface area (Å²) < 4.78 is 0. The van der Waals surface area contributed by atoms with E-state index in [9.17, 15) is 14.4 Å². The first-order valence-electron chi connectivity index (χ1n) is 11.3. The van der Waals surface area contributed by atoms with Crippen molar-refractivity contribution >= 4 is 23.5 Å². The summed E-state index contributed by atoms with van der Waals surface area (Å²) in [6.07, 6.45) is 4.40. The molecule has 0 atom stereocenters. The Balaban J connectivity index is 1.37. The SMILES string of the molecule is NCC(=O)Nc1ccc(C(=O)ONC(=O)Cc2ccc(CCCCc3ccccc3)cc2)cc1. The third-order valence-corrected chi connectivity index (χ3v) is 5.26. The summed E-state index contributed by atoms with van der Waals surface area (Å²) in [6, 6.07) is 24.4. The van der Waals surface area contributed by atoms with Crippen molar-refractivity contribution in [3.8, 4) is 0 Å². The highest BCUT2D eigenvalue weighted by Crippen LogP contribution is 2.12. The van der Waals surface area contributed by atoms with Crippen LogP contribution in [0.15, 0.2) is 78.9 Å². The van der Waals surface area contributed by atoms with Crippen LogP contribution < -0.4 is 16.5 Å². The van der Waals surface area contributed by atoms with Crippen LogP contribution in [0.25, 0.3) is 0 Å². The van der Waals surface area contributed by atoms with Crippen molar-refractivity contribution in [2.45, 2.75) is 32.1 Å². The van der Waals surface area contributed by atoms with Crippen LogP contribution in [0.5, 0.6) is 0 Å². The number of carbonyl (C=O) groups is 3. The van der Waals surface area contributed by atoms with Crippen molar-refractivity contribution in [1.29, 1.82) is 0 Å². The van der Waals surface area contributed by atoms with Crippen LogP contribution in [-0.2, 0) is 33.7 Å². The Bertz CT molecular complexity index is 1080. The molecule has 3 aromatic carbocycles. The zero-order valence-corrected chi connectivity index (χ0v) is 19.0. The number of rotatable bonds is 10. The van der Waals surface area contributed by atoms with Gasteiger partial charge in [-0.05, 0) is 66.6 Å². The van der Waals surface area contributed by atoms with Crippen LogP contribution in [0.4, 0.5) is 5.69 Å². The normalized spacial score (nSPS) is 10.4. The molecule has 0 saturated carbocycles. The second-order valence-electron chi connectivity index (χ2n) is 7.93. The second kappa shape index (κ2) is 12.9. The zero-order valence-electron chi connectivity index (χ0n) is 19.0. The van der Waals surface area contributed by atoms with Gasteiger partial charge in [0.1, 0.15) is 0 Å². The first kappa shape index (κ1) is 24.7. The van der Waals surface area contributed by atoms with E-state index in [1.54, 1.807) is 12.1 Å². The molecule has 0 saturated heterocycles. The highest BCUT2D eigenvalue weighted by molar-refractivity contribution is 5.94. The minimum absolute atomic E-state index is 0.103. The zero-order chi connectivity index (χ0) is 24.2. The number of nitrogens with two attached hydrogens (primary N) is 1. The fourth-order valence-corrected chi connectivity index (χ4v) is 3.41. The molecule has 0 heterocycles. The van der Waals surface area contributed by atoms with Gasteiger partial charge in [0.2, 0.25) is 5.91 Å². The predicted octanol–water partition coefficient (Wildman–Crippen LogP) is 3.58. The quantitative estimate of drug-likeness (QED) is 0.317. The monoisotopic (exact) mass is 459 g/mol. The number of anilines is 1. The lowest BCUT2D eigenvalue weighted by molar-refractivity contribution is -0.129. The first-order valence-corrected chi connectivity index (χ1v) is 11.3. The molecule has 0 aliphatic rings. The minimum atomic E-state index is -0.698. The van der Waals surface area contributed by atoms with E-state index < -0.39 is 11.9 Å². The molecular formula is C27H29N3O4. The number of amides is 2. The van der Waals surface area contributed by atoms with Gasteiger partial charge >= 0.3 is 5.97 Å². The molecule has 0 aromatic heterocycles. The summed E-state index contributed by atoms with van der Waals surface area (Å²) in [5.74, 6) is -1.45. The van der Waals surface area contributed by atoms with Gasteiger partial charge < -0.3 is 15.9 Å². The van der Waals surface area contributed by atoms with Crippen molar-refractivity contribution in [2.75, 3.05) is 11.9 Å². The van der Waals surface area contributed by atoms with Gasteiger partial charge in [0.25, 0.3) is 5.91 Å². The smallest absolute Gasteiger partial charge is 0.335 e. The molecule has 0 bridgehead atoms. The topological polar surface area (TPSA) is 111 Å². The Morgan fingerprint density at radius 3 is 1.91 bits per heavy atom. The van der Waals surface area contributed by atoms with Gasteiger partial charge in [-0.15, -0.1) is 0 Å². The molecule has 0 radical (unpaired) electrons. The molecule has 7 nitrogen and oxygen atoms in total. The van der Waals surface area contributed by atoms with Gasteiger partial charge in [-0.2, -0.15) is 5.48 Å². The third kappa shape index (κ3) is 8.18. The van der Waals surface area contributed by atoms with Crippen molar-refractivity contribution in [1.82, 2.24) is 5.48 Å². The van der Waals surface area contributed by atoms with Gasteiger partial charge in [0.05, 0.1) is 18.5 Å². The van der Waals surface area contributed by atoms with Gasteiger partial charge in [-0.3, -0.25) is 9.59 Å². The van der Waals surface area contributed by atoms with E-state index in [4.69, 9.17) is 10.6 Å². The van der Waals surface area contributed by atoms with Gasteiger partial charge in [-0.25, -0.2) is 4.79 Å². The molecule has 0 aliphatic carbocycles. The molecular weight excluding hydrogens is 430 g/mol. The Hall–Kier alpha value is -3.97. The molecule has 7 heteroatoms. The van der Waals surface area contributed by atoms with Crippen LogP contribution in [-0.4, -0.2) is 24.3 Å². The van der Waals surface area contributed by atoms with Gasteiger partial charge in [0, 0.05) is 5.69 Å². The van der Waals surface area contributed by atoms with E-state index in [2.05, 4.69) is 35.1 Å². The van der Waals surface area contributed by atoms with Crippen LogP contribution in [0.1, 0.15) is 39.9 Å². The van der Waals surface area contributed by atoms with E-state index in [0.717, 1.165) is 31.2 Å². The van der Waals surface area contributed by atoms with Crippen molar-refractivity contribution in [2.24, 2.45) is 5.73 Å².